The Bertz CT molecular complexity index is 2310. The summed E-state index contributed by atoms with van der Waals surface area (Å²) in [7, 11) is -0.0293. The summed E-state index contributed by atoms with van der Waals surface area (Å²) < 4.78 is 69.9. The number of ether oxygens (including phenoxy) is 3. The van der Waals surface area contributed by atoms with Crippen LogP contribution in [0.4, 0.5) is 17.6 Å². The second-order valence-electron chi connectivity index (χ2n) is 16.5. The smallest absolute Gasteiger partial charge is 0.415 e. The number of benzene rings is 6. The predicted octanol–water partition coefficient (Wildman–Crippen LogP) is 12.1. The molecule has 0 saturated heterocycles. The van der Waals surface area contributed by atoms with E-state index in [4.69, 9.17) is 31.4 Å². The molecular formula is C56H57ClF4O14S4. The Kier molecular flexibility index (Phi) is 31.1. The van der Waals surface area contributed by atoms with Crippen LogP contribution >= 0.6 is 35.7 Å². The van der Waals surface area contributed by atoms with Gasteiger partial charge >= 0.3 is 34.4 Å². The SMILES string of the molecule is O=C(CCl)OC1CCCCC1.O=C(COC(=O)C(F)(F)SOO[O-])OC1CCCCC1.O=C(O)C(F)(F)SOO[O-].c1ccc([S+](c2ccccc2)c2ccccc2)cc1.c1ccc([S+](c2ccccc2)c2ccccc2)cc1. The van der Waals surface area contributed by atoms with E-state index in [0.29, 0.717) is 12.8 Å². The van der Waals surface area contributed by atoms with Crippen molar-refractivity contribution in [1.29, 1.82) is 0 Å². The van der Waals surface area contributed by atoms with Crippen molar-refractivity contribution in [1.82, 2.24) is 0 Å². The highest BCUT2D eigenvalue weighted by Gasteiger charge is 2.44. The van der Waals surface area contributed by atoms with Crippen LogP contribution in [-0.2, 0) is 73.9 Å². The monoisotopic (exact) mass is 1190 g/mol. The second-order valence-corrected chi connectivity index (χ2v) is 22.4. The number of carbonyl (C=O) groups is 4. The van der Waals surface area contributed by atoms with Gasteiger partial charge < -0.3 is 29.8 Å². The summed E-state index contributed by atoms with van der Waals surface area (Å²) in [6, 6.07) is 64.3. The number of carboxylic acids is 1. The minimum absolute atomic E-state index is 0.0146. The zero-order valence-corrected chi connectivity index (χ0v) is 46.3. The molecule has 2 fully saturated rings. The molecule has 8 rings (SSSR count). The van der Waals surface area contributed by atoms with E-state index in [1.807, 2.05) is 0 Å². The van der Waals surface area contributed by atoms with Crippen LogP contribution < -0.4 is 10.5 Å². The Hall–Kier alpha value is -5.63. The maximum Gasteiger partial charge on any atom is 0.415 e. The van der Waals surface area contributed by atoms with Gasteiger partial charge in [0.05, 0.1) is 21.8 Å². The van der Waals surface area contributed by atoms with Crippen LogP contribution in [0.5, 0.6) is 0 Å². The van der Waals surface area contributed by atoms with Gasteiger partial charge in [-0.1, -0.05) is 122 Å². The number of aliphatic carboxylic acids is 1. The summed E-state index contributed by atoms with van der Waals surface area (Å²) in [6.45, 7) is -0.927. The van der Waals surface area contributed by atoms with Gasteiger partial charge in [-0.15, -0.1) is 11.6 Å². The number of hydrogen-bond acceptors (Lipinski definition) is 15. The van der Waals surface area contributed by atoms with E-state index in [1.165, 1.54) is 48.6 Å². The molecule has 79 heavy (non-hydrogen) atoms. The first kappa shape index (κ1) is 65.9. The van der Waals surface area contributed by atoms with Gasteiger partial charge in [0.2, 0.25) is 0 Å². The highest BCUT2D eigenvalue weighted by atomic mass is 35.5. The quantitative estimate of drug-likeness (QED) is 0.0117. The molecule has 0 unspecified atom stereocenters. The molecule has 0 aromatic heterocycles. The molecule has 14 nitrogen and oxygen atoms in total. The first-order valence-corrected chi connectivity index (χ1v) is 28.8. The Morgan fingerprint density at radius 1 is 0.481 bits per heavy atom. The van der Waals surface area contributed by atoms with Gasteiger partial charge in [-0.05, 0) is 124 Å². The number of halogens is 5. The molecule has 6 aromatic rings. The van der Waals surface area contributed by atoms with Gasteiger partial charge in [0.1, 0.15) is 42.2 Å². The fourth-order valence-electron chi connectivity index (χ4n) is 7.35. The normalized spacial score (nSPS) is 13.5. The summed E-state index contributed by atoms with van der Waals surface area (Å²) in [5.74, 6) is -5.63. The van der Waals surface area contributed by atoms with Crippen LogP contribution in [0.25, 0.3) is 0 Å². The zero-order chi connectivity index (χ0) is 57.1. The Labute approximate surface area is 474 Å². The lowest BCUT2D eigenvalue weighted by Gasteiger charge is -2.21. The molecule has 0 heterocycles. The van der Waals surface area contributed by atoms with Crippen molar-refractivity contribution in [2.75, 3.05) is 12.5 Å². The van der Waals surface area contributed by atoms with Crippen molar-refractivity contribution < 1.29 is 85.3 Å². The lowest BCUT2D eigenvalue weighted by molar-refractivity contribution is -0.777. The average Bonchev–Trinajstić information content (AvgIpc) is 3.49. The first-order valence-electron chi connectivity index (χ1n) is 24.4. The van der Waals surface area contributed by atoms with E-state index in [0.717, 1.165) is 32.1 Å². The van der Waals surface area contributed by atoms with Crippen molar-refractivity contribution in [3.05, 3.63) is 182 Å². The van der Waals surface area contributed by atoms with E-state index in [-0.39, 0.29) is 45.8 Å². The topological polar surface area (TPSA) is 199 Å². The Morgan fingerprint density at radius 2 is 0.759 bits per heavy atom. The maximum absolute atomic E-state index is 12.9. The molecule has 0 aliphatic heterocycles. The number of esters is 3. The van der Waals surface area contributed by atoms with Crippen LogP contribution in [0.3, 0.4) is 0 Å². The third-order valence-corrected chi connectivity index (χ3v) is 16.5. The molecule has 1 N–H and O–H groups in total. The van der Waals surface area contributed by atoms with Crippen LogP contribution in [0, 0.1) is 0 Å². The molecule has 2 saturated carbocycles. The van der Waals surface area contributed by atoms with Gasteiger partial charge in [0.15, 0.2) is 36.0 Å². The molecule has 2 aliphatic carbocycles. The van der Waals surface area contributed by atoms with Crippen LogP contribution in [0.1, 0.15) is 64.2 Å². The lowest BCUT2D eigenvalue weighted by Crippen LogP contribution is -2.31. The summed E-state index contributed by atoms with van der Waals surface area (Å²) in [4.78, 5) is 50.6. The van der Waals surface area contributed by atoms with Gasteiger partial charge in [-0.2, -0.15) is 26.2 Å². The summed E-state index contributed by atoms with van der Waals surface area (Å²) in [5.41, 5.74) is 0. The minimum atomic E-state index is -4.16. The van der Waals surface area contributed by atoms with E-state index < -0.39 is 59.1 Å². The molecule has 424 valence electrons. The van der Waals surface area contributed by atoms with Crippen LogP contribution in [0.2, 0.25) is 0 Å². The van der Waals surface area contributed by atoms with Crippen molar-refractivity contribution in [3.8, 4) is 0 Å². The number of carbonyl (C=O) groups excluding carboxylic acids is 3. The fourth-order valence-corrected chi connectivity index (χ4v) is 12.0. The van der Waals surface area contributed by atoms with Gasteiger partial charge in [-0.25, -0.2) is 14.4 Å². The number of alkyl halides is 5. The van der Waals surface area contributed by atoms with E-state index in [1.54, 1.807) is 0 Å². The molecular weight excluding hydrogens is 1140 g/mol. The van der Waals surface area contributed by atoms with Crippen molar-refractivity contribution in [2.45, 2.75) is 116 Å². The molecule has 0 amide bonds. The lowest BCUT2D eigenvalue weighted by atomic mass is 9.98. The minimum Gasteiger partial charge on any atom is -0.691 e. The molecule has 2 aliphatic rings. The Balaban J connectivity index is 0.000000218. The average molecular weight is 1190 g/mol. The van der Waals surface area contributed by atoms with Crippen molar-refractivity contribution in [3.63, 3.8) is 0 Å². The number of hydrogen-bond donors (Lipinski definition) is 1. The Morgan fingerprint density at radius 3 is 1.03 bits per heavy atom. The zero-order valence-electron chi connectivity index (χ0n) is 42.2. The van der Waals surface area contributed by atoms with E-state index in [9.17, 15) is 42.0 Å². The third-order valence-electron chi connectivity index (χ3n) is 10.8. The highest BCUT2D eigenvalue weighted by Crippen LogP contribution is 2.34. The number of carboxylic acid groups (broad SMARTS) is 1. The largest absolute Gasteiger partial charge is 0.691 e. The second kappa shape index (κ2) is 37.3. The summed E-state index contributed by atoms with van der Waals surface area (Å²) >= 11 is 3.60. The molecule has 0 spiro atoms. The standard InChI is InChI=1S/2C18H15S.C10H14F2O7S.C8H13ClO2.C2H2F2O5S/c2*1-4-10-16(11-5-1)19(17-12-6-2-7-13-17)18-14-8-3-9-15-18;11-10(12,20-19-18-15)9(14)16-6-8(13)17-7-4-2-1-3-5-7;9-6-8(10)11-7-4-2-1-3-5-7;3-2(4,1(5)6)10-9-8-7/h2*1-15H;7,15H,1-6H2;7H,1-6H2;7H,(H,5,6)/q2*+1;;;/p-2. The third kappa shape index (κ3) is 25.2. The maximum atomic E-state index is 12.9. The van der Waals surface area contributed by atoms with Crippen molar-refractivity contribution >= 4 is 81.4 Å². The first-order chi connectivity index (χ1) is 38.2. The summed E-state index contributed by atoms with van der Waals surface area (Å²) in [5, 5.41) is 22.8. The van der Waals surface area contributed by atoms with Crippen LogP contribution in [-0.4, -0.2) is 64.2 Å². The van der Waals surface area contributed by atoms with E-state index in [2.05, 4.69) is 205 Å². The summed E-state index contributed by atoms with van der Waals surface area (Å²) in [6.07, 6.45) is 9.89. The van der Waals surface area contributed by atoms with Gasteiger partial charge in [0.25, 0.3) is 0 Å². The van der Waals surface area contributed by atoms with Crippen LogP contribution in [0.15, 0.2) is 211 Å². The fraction of sp³-hybridized carbons (Fsp3) is 0.286. The van der Waals surface area contributed by atoms with Gasteiger partial charge in [-0.3, -0.25) is 14.9 Å². The van der Waals surface area contributed by atoms with E-state index >= 15 is 0 Å². The molecule has 0 bridgehead atoms. The molecule has 6 aromatic carbocycles. The predicted molar refractivity (Wildman–Crippen MR) is 288 cm³/mol. The highest BCUT2D eigenvalue weighted by molar-refractivity contribution is 7.97. The van der Waals surface area contributed by atoms with Gasteiger partial charge in [0, 0.05) is 0 Å². The van der Waals surface area contributed by atoms with Crippen molar-refractivity contribution in [2.24, 2.45) is 0 Å². The number of rotatable bonds is 19. The molecule has 23 heteroatoms. The molecule has 0 atom stereocenters. The molecule has 0 radical (unpaired) electrons.